The Balaban J connectivity index is 1.99. The molecule has 3 rings (SSSR count). The standard InChI is InChI=1S/C15H11O2S/c16-10-17-9-12-5-3-7-15-13(12)8-11-4-1-2-6-14(11)18-15/h1-7H,8-9H2. The number of carbonyl (C=O) groups excluding carboxylic acids is 1. The maximum atomic E-state index is 10.2. The molecule has 0 unspecified atom stereocenters. The van der Waals surface area contributed by atoms with Crippen LogP contribution < -0.4 is 0 Å². The molecule has 0 N–H and O–H groups in total. The lowest BCUT2D eigenvalue weighted by molar-refractivity contribution is 0.266. The van der Waals surface area contributed by atoms with E-state index in [1.165, 1.54) is 27.4 Å². The van der Waals surface area contributed by atoms with Crippen molar-refractivity contribution in [1.29, 1.82) is 0 Å². The van der Waals surface area contributed by atoms with Gasteiger partial charge in [-0.15, -0.1) is 0 Å². The first-order valence-corrected chi connectivity index (χ1v) is 6.55. The summed E-state index contributed by atoms with van der Waals surface area (Å²) in [5.41, 5.74) is 3.66. The van der Waals surface area contributed by atoms with Gasteiger partial charge in [-0.05, 0) is 28.8 Å². The molecule has 2 aromatic carbocycles. The molecule has 2 aromatic rings. The fraction of sp³-hybridized carbons (Fsp3) is 0.133. The van der Waals surface area contributed by atoms with Crippen LogP contribution in [0.25, 0.3) is 0 Å². The van der Waals surface area contributed by atoms with Gasteiger partial charge in [0.2, 0.25) is 0 Å². The van der Waals surface area contributed by atoms with Gasteiger partial charge in [0.05, 0.1) is 0 Å². The van der Waals surface area contributed by atoms with E-state index in [-0.39, 0.29) is 0 Å². The van der Waals surface area contributed by atoms with E-state index >= 15 is 0 Å². The van der Waals surface area contributed by atoms with Gasteiger partial charge in [0, 0.05) is 16.2 Å². The highest BCUT2D eigenvalue weighted by Gasteiger charge is 2.18. The van der Waals surface area contributed by atoms with E-state index in [1.807, 2.05) is 12.1 Å². The summed E-state index contributed by atoms with van der Waals surface area (Å²) < 4.78 is 4.76. The summed E-state index contributed by atoms with van der Waals surface area (Å²) in [4.78, 5) is 12.8. The number of benzene rings is 2. The lowest BCUT2D eigenvalue weighted by Gasteiger charge is -2.21. The largest absolute Gasteiger partial charge is 0.452 e. The van der Waals surface area contributed by atoms with Crippen molar-refractivity contribution in [3.05, 3.63) is 59.2 Å². The number of hydrogen-bond donors (Lipinski definition) is 0. The summed E-state index contributed by atoms with van der Waals surface area (Å²) in [7, 11) is 0. The van der Waals surface area contributed by atoms with Gasteiger partial charge < -0.3 is 4.74 Å². The second kappa shape index (κ2) is 4.86. The maximum absolute atomic E-state index is 10.2. The summed E-state index contributed by atoms with van der Waals surface area (Å²) in [6, 6.07) is 14.5. The van der Waals surface area contributed by atoms with Gasteiger partial charge in [-0.2, -0.15) is 0 Å². The van der Waals surface area contributed by atoms with Crippen LogP contribution in [0.1, 0.15) is 16.7 Å². The first-order valence-electron chi connectivity index (χ1n) is 5.74. The van der Waals surface area contributed by atoms with E-state index in [9.17, 15) is 4.79 Å². The molecule has 0 atom stereocenters. The van der Waals surface area contributed by atoms with Crippen molar-refractivity contribution in [3.8, 4) is 0 Å². The van der Waals surface area contributed by atoms with Crippen LogP contribution >= 0.6 is 11.8 Å². The Morgan fingerprint density at radius 3 is 2.83 bits per heavy atom. The smallest absolute Gasteiger partial charge is 0.417 e. The fourth-order valence-electron chi connectivity index (χ4n) is 2.21. The molecule has 18 heavy (non-hydrogen) atoms. The zero-order valence-corrected chi connectivity index (χ0v) is 10.5. The molecule has 0 saturated heterocycles. The van der Waals surface area contributed by atoms with E-state index in [4.69, 9.17) is 4.74 Å². The quantitative estimate of drug-likeness (QED) is 0.718. The van der Waals surface area contributed by atoms with Crippen LogP contribution in [0.2, 0.25) is 0 Å². The first kappa shape index (κ1) is 11.4. The Bertz CT molecular complexity index is 593. The highest BCUT2D eigenvalue weighted by atomic mass is 32.2. The summed E-state index contributed by atoms with van der Waals surface area (Å²) in [5, 5.41) is 0. The predicted molar refractivity (Wildman–Crippen MR) is 70.3 cm³/mol. The van der Waals surface area contributed by atoms with E-state index in [2.05, 4.69) is 30.3 Å². The number of hydrogen-bond acceptors (Lipinski definition) is 3. The minimum atomic E-state index is 0.301. The molecular weight excluding hydrogens is 244 g/mol. The molecule has 3 heteroatoms. The molecule has 0 aromatic heterocycles. The predicted octanol–water partition coefficient (Wildman–Crippen LogP) is 3.33. The van der Waals surface area contributed by atoms with Crippen molar-refractivity contribution in [2.24, 2.45) is 0 Å². The van der Waals surface area contributed by atoms with Crippen molar-refractivity contribution >= 4 is 18.2 Å². The monoisotopic (exact) mass is 255 g/mol. The zero-order chi connectivity index (χ0) is 12.4. The maximum Gasteiger partial charge on any atom is 0.417 e. The zero-order valence-electron chi connectivity index (χ0n) is 9.68. The molecule has 1 aliphatic heterocycles. The highest BCUT2D eigenvalue weighted by Crippen LogP contribution is 2.40. The molecule has 0 bridgehead atoms. The van der Waals surface area contributed by atoms with Crippen molar-refractivity contribution in [2.75, 3.05) is 0 Å². The third kappa shape index (κ3) is 2.02. The Labute approximate surface area is 110 Å². The molecule has 2 nitrogen and oxygen atoms in total. The second-order valence-corrected chi connectivity index (χ2v) is 5.24. The molecular formula is C15H11O2S. The van der Waals surface area contributed by atoms with Crippen LogP contribution in [0.4, 0.5) is 0 Å². The topological polar surface area (TPSA) is 26.3 Å². The average Bonchev–Trinajstić information content (AvgIpc) is 2.43. The average molecular weight is 255 g/mol. The third-order valence-electron chi connectivity index (χ3n) is 3.08. The van der Waals surface area contributed by atoms with Crippen LogP contribution in [0.15, 0.2) is 52.3 Å². The van der Waals surface area contributed by atoms with Gasteiger partial charge in [-0.1, -0.05) is 42.1 Å². The van der Waals surface area contributed by atoms with Crippen molar-refractivity contribution in [2.45, 2.75) is 22.8 Å². The molecule has 0 saturated carbocycles. The lowest BCUT2D eigenvalue weighted by atomic mass is 9.99. The van der Waals surface area contributed by atoms with Gasteiger partial charge in [0.25, 0.3) is 0 Å². The molecule has 0 fully saturated rings. The fourth-order valence-corrected chi connectivity index (χ4v) is 3.34. The van der Waals surface area contributed by atoms with Crippen LogP contribution in [-0.2, 0) is 22.6 Å². The normalized spacial score (nSPS) is 12.4. The minimum absolute atomic E-state index is 0.301. The Hall–Kier alpha value is -1.74. The van der Waals surface area contributed by atoms with E-state index in [0.717, 1.165) is 12.0 Å². The summed E-state index contributed by atoms with van der Waals surface area (Å²) in [6.07, 6.45) is 0.900. The lowest BCUT2D eigenvalue weighted by Crippen LogP contribution is -2.04. The van der Waals surface area contributed by atoms with E-state index in [0.29, 0.717) is 6.61 Å². The molecule has 0 amide bonds. The molecule has 1 aliphatic rings. The Morgan fingerprint density at radius 1 is 1.11 bits per heavy atom. The number of ether oxygens (including phenoxy) is 1. The highest BCUT2D eigenvalue weighted by molar-refractivity contribution is 7.99. The van der Waals surface area contributed by atoms with Gasteiger partial charge >= 0.3 is 6.47 Å². The molecule has 0 spiro atoms. The van der Waals surface area contributed by atoms with Gasteiger partial charge in [0.15, 0.2) is 0 Å². The first-order chi connectivity index (χ1) is 8.88. The second-order valence-electron chi connectivity index (χ2n) is 4.15. The van der Waals surface area contributed by atoms with Gasteiger partial charge in [0.1, 0.15) is 6.61 Å². The van der Waals surface area contributed by atoms with E-state index < -0.39 is 0 Å². The van der Waals surface area contributed by atoms with Gasteiger partial charge in [-0.3, -0.25) is 0 Å². The molecule has 1 radical (unpaired) electrons. The third-order valence-corrected chi connectivity index (χ3v) is 4.30. The molecule has 1 heterocycles. The van der Waals surface area contributed by atoms with Crippen LogP contribution in [0.5, 0.6) is 0 Å². The van der Waals surface area contributed by atoms with Crippen LogP contribution in [0.3, 0.4) is 0 Å². The Kier molecular flexibility index (Phi) is 3.07. The number of fused-ring (bicyclic) bond motifs is 2. The van der Waals surface area contributed by atoms with Crippen molar-refractivity contribution in [3.63, 3.8) is 0 Å². The van der Waals surface area contributed by atoms with E-state index in [1.54, 1.807) is 11.8 Å². The van der Waals surface area contributed by atoms with Crippen LogP contribution in [0, 0.1) is 0 Å². The molecule has 89 valence electrons. The summed E-state index contributed by atoms with van der Waals surface area (Å²) in [6.45, 7) is 1.79. The van der Waals surface area contributed by atoms with Gasteiger partial charge in [-0.25, -0.2) is 4.79 Å². The minimum Gasteiger partial charge on any atom is -0.452 e. The SMILES string of the molecule is O=[C]OCc1cccc2c1Cc1ccccc1S2. The van der Waals surface area contributed by atoms with Crippen molar-refractivity contribution in [1.82, 2.24) is 0 Å². The molecule has 0 aliphatic carbocycles. The summed E-state index contributed by atoms with van der Waals surface area (Å²) in [5.74, 6) is 0. The van der Waals surface area contributed by atoms with Crippen LogP contribution in [-0.4, -0.2) is 6.47 Å². The summed E-state index contributed by atoms with van der Waals surface area (Å²) >= 11 is 1.78. The Morgan fingerprint density at radius 2 is 1.94 bits per heavy atom. The van der Waals surface area contributed by atoms with Crippen molar-refractivity contribution < 1.29 is 9.53 Å². The number of rotatable bonds is 3.